The summed E-state index contributed by atoms with van der Waals surface area (Å²) < 4.78 is 29.4. The molecule has 3 aromatic heterocycles. The molecule has 0 spiro atoms. The van der Waals surface area contributed by atoms with Gasteiger partial charge in [-0.25, -0.2) is 23.3 Å². The average Bonchev–Trinajstić information content (AvgIpc) is 3.07. The van der Waals surface area contributed by atoms with Gasteiger partial charge in [-0.05, 0) is 70.2 Å². The second-order valence-corrected chi connectivity index (χ2v) is 9.84. The Balaban J connectivity index is 1.65. The highest BCUT2D eigenvalue weighted by Gasteiger charge is 2.21. The van der Waals surface area contributed by atoms with E-state index in [4.69, 9.17) is 0 Å². The number of carbonyl (C=O) groups is 1. The van der Waals surface area contributed by atoms with Gasteiger partial charge in [0.05, 0.1) is 36.1 Å². The van der Waals surface area contributed by atoms with Crippen LogP contribution in [0.15, 0.2) is 36.8 Å². The van der Waals surface area contributed by atoms with Crippen molar-refractivity contribution >= 4 is 22.9 Å². The highest BCUT2D eigenvalue weighted by Crippen LogP contribution is 2.31. The Hall–Kier alpha value is -3.36. The lowest BCUT2D eigenvalue weighted by molar-refractivity contribution is 0.0922. The Morgan fingerprint density at radius 3 is 2.65 bits per heavy atom. The standard InChI is InChI=1S/C25H30F2N6O/c1-24(2,26)14-29-22(34)19-13-31-33-10-9-16(11-21(19)33)17-7-5-6-8-20-18(17)12-28-23(32-20)30-15-25(3,4)27/h7,9-13H,5-6,8,14-15H2,1-4H3,(H,29,34)(H,28,30,32). The Morgan fingerprint density at radius 2 is 1.91 bits per heavy atom. The normalized spacial score (nSPS) is 14.4. The van der Waals surface area contributed by atoms with Crippen LogP contribution in [0.3, 0.4) is 0 Å². The average molecular weight is 469 g/mol. The Morgan fingerprint density at radius 1 is 1.15 bits per heavy atom. The Labute approximate surface area is 197 Å². The van der Waals surface area contributed by atoms with Gasteiger partial charge in [0.15, 0.2) is 0 Å². The number of halogens is 2. The number of rotatable bonds is 7. The number of fused-ring (bicyclic) bond motifs is 2. The van der Waals surface area contributed by atoms with Crippen LogP contribution >= 0.6 is 0 Å². The molecule has 0 radical (unpaired) electrons. The number of pyridine rings is 1. The van der Waals surface area contributed by atoms with E-state index in [-0.39, 0.29) is 19.0 Å². The lowest BCUT2D eigenvalue weighted by Crippen LogP contribution is -2.35. The molecule has 1 amide bonds. The van der Waals surface area contributed by atoms with Crippen molar-refractivity contribution < 1.29 is 13.6 Å². The number of aryl methyl sites for hydroxylation is 1. The molecule has 180 valence electrons. The summed E-state index contributed by atoms with van der Waals surface area (Å²) in [6.07, 6.45) is 9.80. The summed E-state index contributed by atoms with van der Waals surface area (Å²) >= 11 is 0. The minimum atomic E-state index is -1.51. The number of amides is 1. The molecule has 9 heteroatoms. The number of nitrogens with zero attached hydrogens (tertiary/aromatic N) is 4. The van der Waals surface area contributed by atoms with E-state index in [1.54, 1.807) is 16.9 Å². The molecule has 1 aliphatic carbocycles. The van der Waals surface area contributed by atoms with Gasteiger partial charge in [0.1, 0.15) is 11.3 Å². The van der Waals surface area contributed by atoms with Crippen molar-refractivity contribution in [3.8, 4) is 0 Å². The Bertz CT molecular complexity index is 1240. The fourth-order valence-electron chi connectivity index (χ4n) is 3.82. The molecule has 0 atom stereocenters. The molecule has 0 saturated heterocycles. The molecule has 2 N–H and O–H groups in total. The number of nitrogens with one attached hydrogen (secondary N) is 2. The van der Waals surface area contributed by atoms with Crippen molar-refractivity contribution in [1.29, 1.82) is 0 Å². The lowest BCUT2D eigenvalue weighted by atomic mass is 9.98. The van der Waals surface area contributed by atoms with Crippen LogP contribution in [0.2, 0.25) is 0 Å². The van der Waals surface area contributed by atoms with E-state index in [0.717, 1.165) is 41.7 Å². The maximum absolute atomic E-state index is 13.9. The summed E-state index contributed by atoms with van der Waals surface area (Å²) in [4.78, 5) is 21.7. The molecule has 0 fully saturated rings. The first-order valence-electron chi connectivity index (χ1n) is 11.4. The number of anilines is 1. The van der Waals surface area contributed by atoms with Gasteiger partial charge in [-0.2, -0.15) is 5.10 Å². The largest absolute Gasteiger partial charge is 0.351 e. The number of hydrogen-bond donors (Lipinski definition) is 2. The summed E-state index contributed by atoms with van der Waals surface area (Å²) in [5, 5.41) is 9.87. The highest BCUT2D eigenvalue weighted by molar-refractivity contribution is 6.01. The Kier molecular flexibility index (Phi) is 6.38. The van der Waals surface area contributed by atoms with Crippen LogP contribution in [0.25, 0.3) is 11.1 Å². The number of carbonyl (C=O) groups excluding carboxylic acids is 1. The first-order valence-corrected chi connectivity index (χ1v) is 11.4. The lowest BCUT2D eigenvalue weighted by Gasteiger charge is -2.16. The molecule has 1 aliphatic rings. The van der Waals surface area contributed by atoms with Crippen LogP contribution in [0.1, 0.15) is 67.7 Å². The van der Waals surface area contributed by atoms with E-state index in [9.17, 15) is 13.6 Å². The van der Waals surface area contributed by atoms with Crippen molar-refractivity contribution in [2.24, 2.45) is 0 Å². The summed E-state index contributed by atoms with van der Waals surface area (Å²) in [7, 11) is 0. The molecule has 0 aliphatic heterocycles. The fourth-order valence-corrected chi connectivity index (χ4v) is 3.82. The van der Waals surface area contributed by atoms with Gasteiger partial charge in [-0.1, -0.05) is 6.08 Å². The molecule has 0 unspecified atom stereocenters. The zero-order valence-electron chi connectivity index (χ0n) is 20.0. The van der Waals surface area contributed by atoms with Gasteiger partial charge in [0.25, 0.3) is 5.91 Å². The monoisotopic (exact) mass is 468 g/mol. The molecule has 3 heterocycles. The zero-order chi connectivity index (χ0) is 24.5. The highest BCUT2D eigenvalue weighted by atomic mass is 19.1. The molecular formula is C25H30F2N6O. The van der Waals surface area contributed by atoms with Crippen LogP contribution in [0.4, 0.5) is 14.7 Å². The second kappa shape index (κ2) is 9.12. The molecule has 0 aromatic carbocycles. The molecule has 0 saturated carbocycles. The summed E-state index contributed by atoms with van der Waals surface area (Å²) in [6.45, 7) is 5.87. The van der Waals surface area contributed by atoms with Gasteiger partial charge in [0.2, 0.25) is 5.95 Å². The zero-order valence-corrected chi connectivity index (χ0v) is 20.0. The van der Waals surface area contributed by atoms with Crippen molar-refractivity contribution in [3.63, 3.8) is 0 Å². The van der Waals surface area contributed by atoms with Gasteiger partial charge in [0, 0.05) is 18.0 Å². The molecule has 4 rings (SSSR count). The van der Waals surface area contributed by atoms with Crippen LogP contribution in [0, 0.1) is 0 Å². The van der Waals surface area contributed by atoms with Crippen molar-refractivity contribution in [2.75, 3.05) is 18.4 Å². The number of alkyl halides is 2. The first kappa shape index (κ1) is 23.8. The van der Waals surface area contributed by atoms with E-state index in [1.807, 2.05) is 12.1 Å². The minimum absolute atomic E-state index is 0.0886. The van der Waals surface area contributed by atoms with E-state index in [1.165, 1.54) is 33.9 Å². The van der Waals surface area contributed by atoms with E-state index in [0.29, 0.717) is 17.0 Å². The quantitative estimate of drug-likeness (QED) is 0.532. The van der Waals surface area contributed by atoms with Gasteiger partial charge < -0.3 is 10.6 Å². The van der Waals surface area contributed by atoms with Crippen LogP contribution in [0.5, 0.6) is 0 Å². The minimum Gasteiger partial charge on any atom is -0.351 e. The van der Waals surface area contributed by atoms with Gasteiger partial charge in [-0.15, -0.1) is 0 Å². The van der Waals surface area contributed by atoms with Crippen molar-refractivity contribution in [2.45, 2.75) is 58.3 Å². The molecule has 3 aromatic rings. The van der Waals surface area contributed by atoms with E-state index < -0.39 is 11.3 Å². The molecular weight excluding hydrogens is 438 g/mol. The molecule has 7 nitrogen and oxygen atoms in total. The van der Waals surface area contributed by atoms with Gasteiger partial charge >= 0.3 is 0 Å². The van der Waals surface area contributed by atoms with Crippen molar-refractivity contribution in [3.05, 3.63) is 59.2 Å². The molecule has 0 bridgehead atoms. The van der Waals surface area contributed by atoms with Gasteiger partial charge in [-0.3, -0.25) is 4.79 Å². The van der Waals surface area contributed by atoms with E-state index in [2.05, 4.69) is 31.8 Å². The number of allylic oxidation sites excluding steroid dienone is 1. The predicted molar refractivity (Wildman–Crippen MR) is 128 cm³/mol. The predicted octanol–water partition coefficient (Wildman–Crippen LogP) is 4.53. The second-order valence-electron chi connectivity index (χ2n) is 9.84. The third-order valence-corrected chi connectivity index (χ3v) is 5.54. The SMILES string of the molecule is CC(C)(F)CNC(=O)c1cnn2ccc(C3=CCCCc4nc(NCC(C)(C)F)ncc43)cc12. The van der Waals surface area contributed by atoms with Crippen LogP contribution in [-0.4, -0.2) is 49.9 Å². The van der Waals surface area contributed by atoms with Crippen LogP contribution < -0.4 is 10.6 Å². The summed E-state index contributed by atoms with van der Waals surface area (Å²) in [5.41, 5.74) is 1.83. The topological polar surface area (TPSA) is 84.2 Å². The van der Waals surface area contributed by atoms with E-state index >= 15 is 0 Å². The van der Waals surface area contributed by atoms with Crippen LogP contribution in [-0.2, 0) is 6.42 Å². The maximum Gasteiger partial charge on any atom is 0.255 e. The fraction of sp³-hybridized carbons (Fsp3) is 0.440. The maximum atomic E-state index is 13.9. The summed E-state index contributed by atoms with van der Waals surface area (Å²) in [5.74, 6) is 0.0367. The number of hydrogen-bond acceptors (Lipinski definition) is 5. The number of aromatic nitrogens is 4. The third-order valence-electron chi connectivity index (χ3n) is 5.54. The smallest absolute Gasteiger partial charge is 0.255 e. The molecule has 34 heavy (non-hydrogen) atoms. The summed E-state index contributed by atoms with van der Waals surface area (Å²) in [6, 6.07) is 3.84. The van der Waals surface area contributed by atoms with Crippen molar-refractivity contribution in [1.82, 2.24) is 24.9 Å². The first-order chi connectivity index (χ1) is 16.0. The third kappa shape index (κ3) is 5.58.